The lowest BCUT2D eigenvalue weighted by Gasteiger charge is -2.12. The molecular formula is C18H18FNO6S2. The number of anilines is 1. The molecule has 1 fully saturated rings. The Kier molecular flexibility index (Phi) is 5.44. The van der Waals surface area contributed by atoms with Gasteiger partial charge in [0.1, 0.15) is 11.6 Å². The van der Waals surface area contributed by atoms with Crippen molar-refractivity contribution in [1.29, 1.82) is 0 Å². The molecular weight excluding hydrogens is 409 g/mol. The predicted molar refractivity (Wildman–Crippen MR) is 102 cm³/mol. The van der Waals surface area contributed by atoms with E-state index >= 15 is 0 Å². The average Bonchev–Trinajstić information content (AvgIpc) is 3.03. The average molecular weight is 427 g/mol. The molecule has 0 spiro atoms. The van der Waals surface area contributed by atoms with Gasteiger partial charge in [0.2, 0.25) is 0 Å². The molecule has 1 amide bonds. The van der Waals surface area contributed by atoms with Crippen molar-refractivity contribution in [1.82, 2.24) is 0 Å². The molecule has 1 aliphatic rings. The Labute approximate surface area is 162 Å². The van der Waals surface area contributed by atoms with Gasteiger partial charge >= 0.3 is 0 Å². The summed E-state index contributed by atoms with van der Waals surface area (Å²) in [6, 6.07) is 9.19. The highest BCUT2D eigenvalue weighted by Gasteiger charge is 2.38. The third-order valence-corrected chi connectivity index (χ3v) is 8.66. The number of halogens is 1. The van der Waals surface area contributed by atoms with Crippen molar-refractivity contribution < 1.29 is 30.8 Å². The van der Waals surface area contributed by atoms with Gasteiger partial charge in [-0.15, -0.1) is 0 Å². The SMILES string of the molecule is COc1ccc(NC(=O)c2cc(S(=O)(=O)[C@H]3CCS(=O)(=O)C3)ccc2F)cc1. The van der Waals surface area contributed by atoms with Gasteiger partial charge in [-0.25, -0.2) is 21.2 Å². The van der Waals surface area contributed by atoms with Crippen LogP contribution < -0.4 is 10.1 Å². The molecule has 0 unspecified atom stereocenters. The number of amides is 1. The van der Waals surface area contributed by atoms with Gasteiger partial charge in [-0.2, -0.15) is 0 Å². The van der Waals surface area contributed by atoms with E-state index in [0.717, 1.165) is 18.2 Å². The van der Waals surface area contributed by atoms with Gasteiger partial charge in [-0.1, -0.05) is 0 Å². The maximum Gasteiger partial charge on any atom is 0.258 e. The minimum Gasteiger partial charge on any atom is -0.497 e. The van der Waals surface area contributed by atoms with Crippen molar-refractivity contribution in [3.8, 4) is 5.75 Å². The van der Waals surface area contributed by atoms with E-state index in [9.17, 15) is 26.0 Å². The second-order valence-electron chi connectivity index (χ2n) is 6.39. The Bertz CT molecular complexity index is 1110. The molecule has 0 radical (unpaired) electrons. The zero-order chi connectivity index (χ0) is 20.5. The fourth-order valence-corrected chi connectivity index (χ4v) is 7.31. The van der Waals surface area contributed by atoms with Crippen LogP contribution in [0.15, 0.2) is 47.4 Å². The molecule has 0 aliphatic carbocycles. The molecule has 150 valence electrons. The van der Waals surface area contributed by atoms with Crippen LogP contribution in [-0.2, 0) is 19.7 Å². The van der Waals surface area contributed by atoms with Crippen LogP contribution in [0.2, 0.25) is 0 Å². The summed E-state index contributed by atoms with van der Waals surface area (Å²) < 4.78 is 67.8. The van der Waals surface area contributed by atoms with Crippen LogP contribution in [0.5, 0.6) is 5.75 Å². The van der Waals surface area contributed by atoms with Gasteiger partial charge in [0.15, 0.2) is 19.7 Å². The standard InChI is InChI=1S/C18H18FNO6S2/c1-26-13-4-2-12(3-5-13)20-18(21)16-10-14(6-7-17(16)19)28(24,25)15-8-9-27(22,23)11-15/h2-7,10,15H,8-9,11H2,1H3,(H,20,21)/t15-/m0/s1. The normalized spacial score (nSPS) is 18.6. The van der Waals surface area contributed by atoms with E-state index in [1.165, 1.54) is 7.11 Å². The van der Waals surface area contributed by atoms with E-state index in [-0.39, 0.29) is 17.1 Å². The van der Waals surface area contributed by atoms with Crippen molar-refractivity contribution in [3.05, 3.63) is 53.8 Å². The van der Waals surface area contributed by atoms with Crippen LogP contribution in [-0.4, -0.2) is 46.6 Å². The highest BCUT2D eigenvalue weighted by molar-refractivity contribution is 7.96. The summed E-state index contributed by atoms with van der Waals surface area (Å²) in [4.78, 5) is 12.1. The molecule has 2 aromatic rings. The summed E-state index contributed by atoms with van der Waals surface area (Å²) in [7, 11) is -5.93. The van der Waals surface area contributed by atoms with E-state index in [0.29, 0.717) is 11.4 Å². The van der Waals surface area contributed by atoms with Crippen LogP contribution in [0, 0.1) is 5.82 Å². The molecule has 28 heavy (non-hydrogen) atoms. The number of rotatable bonds is 5. The molecule has 0 bridgehead atoms. The molecule has 1 atom stereocenters. The van der Waals surface area contributed by atoms with Crippen molar-refractivity contribution >= 4 is 31.3 Å². The fourth-order valence-electron chi connectivity index (χ4n) is 2.93. The van der Waals surface area contributed by atoms with Gasteiger partial charge in [-0.3, -0.25) is 4.79 Å². The van der Waals surface area contributed by atoms with Crippen molar-refractivity contribution in [2.24, 2.45) is 0 Å². The van der Waals surface area contributed by atoms with Gasteiger partial charge in [0.25, 0.3) is 5.91 Å². The Morgan fingerprint density at radius 1 is 1.18 bits per heavy atom. The maximum absolute atomic E-state index is 14.2. The lowest BCUT2D eigenvalue weighted by molar-refractivity contribution is 0.102. The van der Waals surface area contributed by atoms with E-state index in [4.69, 9.17) is 4.74 Å². The first-order chi connectivity index (χ1) is 13.1. The first kappa shape index (κ1) is 20.3. The van der Waals surface area contributed by atoms with E-state index in [1.54, 1.807) is 24.3 Å². The van der Waals surface area contributed by atoms with Crippen LogP contribution in [0.25, 0.3) is 0 Å². The zero-order valence-electron chi connectivity index (χ0n) is 14.9. The number of sulfone groups is 2. The van der Waals surface area contributed by atoms with E-state index < -0.39 is 48.0 Å². The zero-order valence-corrected chi connectivity index (χ0v) is 16.5. The molecule has 1 N–H and O–H groups in total. The number of ether oxygens (including phenoxy) is 1. The van der Waals surface area contributed by atoms with Gasteiger partial charge < -0.3 is 10.1 Å². The van der Waals surface area contributed by atoms with Crippen LogP contribution in [0.4, 0.5) is 10.1 Å². The molecule has 1 heterocycles. The molecule has 0 saturated carbocycles. The van der Waals surface area contributed by atoms with Crippen LogP contribution >= 0.6 is 0 Å². The summed E-state index contributed by atoms with van der Waals surface area (Å²) in [5.74, 6) is -1.81. The minimum absolute atomic E-state index is 0.0184. The summed E-state index contributed by atoms with van der Waals surface area (Å²) in [5.41, 5.74) is -0.0712. The first-order valence-corrected chi connectivity index (χ1v) is 11.7. The number of nitrogens with one attached hydrogen (secondary N) is 1. The quantitative estimate of drug-likeness (QED) is 0.732. The number of benzene rings is 2. The second-order valence-corrected chi connectivity index (χ2v) is 10.9. The Hall–Kier alpha value is -2.46. The number of carbonyl (C=O) groups excluding carboxylic acids is 1. The molecule has 2 aromatic carbocycles. The Morgan fingerprint density at radius 2 is 1.86 bits per heavy atom. The Morgan fingerprint density at radius 3 is 2.43 bits per heavy atom. The summed E-state index contributed by atoms with van der Waals surface area (Å²) >= 11 is 0. The highest BCUT2D eigenvalue weighted by atomic mass is 32.2. The van der Waals surface area contributed by atoms with Crippen molar-refractivity contribution in [2.75, 3.05) is 23.9 Å². The first-order valence-electron chi connectivity index (χ1n) is 8.32. The molecule has 1 saturated heterocycles. The number of carbonyl (C=O) groups is 1. The third kappa shape index (κ3) is 4.17. The maximum atomic E-state index is 14.2. The molecule has 0 aromatic heterocycles. The number of hydrogen-bond donors (Lipinski definition) is 1. The fraction of sp³-hybridized carbons (Fsp3) is 0.278. The number of hydrogen-bond acceptors (Lipinski definition) is 6. The lowest BCUT2D eigenvalue weighted by atomic mass is 10.2. The molecule has 7 nitrogen and oxygen atoms in total. The molecule has 1 aliphatic heterocycles. The molecule has 3 rings (SSSR count). The van der Waals surface area contributed by atoms with Gasteiger partial charge in [0.05, 0.1) is 34.3 Å². The second kappa shape index (κ2) is 7.51. The van der Waals surface area contributed by atoms with Crippen molar-refractivity contribution in [3.63, 3.8) is 0 Å². The minimum atomic E-state index is -4.01. The molecule has 10 heteroatoms. The predicted octanol–water partition coefficient (Wildman–Crippen LogP) is 2.05. The highest BCUT2D eigenvalue weighted by Crippen LogP contribution is 2.27. The number of methoxy groups -OCH3 is 1. The van der Waals surface area contributed by atoms with Gasteiger partial charge in [0, 0.05) is 5.69 Å². The summed E-state index contributed by atoms with van der Waals surface area (Å²) in [6.07, 6.45) is -0.0184. The largest absolute Gasteiger partial charge is 0.497 e. The lowest BCUT2D eigenvalue weighted by Crippen LogP contribution is -2.23. The third-order valence-electron chi connectivity index (χ3n) is 4.49. The van der Waals surface area contributed by atoms with E-state index in [2.05, 4.69) is 5.32 Å². The summed E-state index contributed by atoms with van der Waals surface area (Å²) in [5, 5.41) is 1.39. The van der Waals surface area contributed by atoms with Gasteiger partial charge in [-0.05, 0) is 48.9 Å². The smallest absolute Gasteiger partial charge is 0.258 e. The van der Waals surface area contributed by atoms with Crippen LogP contribution in [0.3, 0.4) is 0 Å². The summed E-state index contributed by atoms with van der Waals surface area (Å²) in [6.45, 7) is 0. The van der Waals surface area contributed by atoms with Crippen LogP contribution in [0.1, 0.15) is 16.8 Å². The van der Waals surface area contributed by atoms with Crippen molar-refractivity contribution in [2.45, 2.75) is 16.6 Å². The monoisotopic (exact) mass is 427 g/mol. The van der Waals surface area contributed by atoms with E-state index in [1.807, 2.05) is 0 Å². The Balaban J connectivity index is 1.87. The topological polar surface area (TPSA) is 107 Å².